The summed E-state index contributed by atoms with van der Waals surface area (Å²) in [5.41, 5.74) is 0.948. The lowest BCUT2D eigenvalue weighted by Crippen LogP contribution is -2.22. The molecule has 2 rings (SSSR count). The lowest BCUT2D eigenvalue weighted by Gasteiger charge is -2.11. The molecule has 0 aliphatic carbocycles. The van der Waals surface area contributed by atoms with Gasteiger partial charge >= 0.3 is 0 Å². The fraction of sp³-hybridized carbons (Fsp3) is 0.211. The Kier molecular flexibility index (Phi) is 6.24. The van der Waals surface area contributed by atoms with Crippen molar-refractivity contribution in [3.05, 3.63) is 53.6 Å². The Morgan fingerprint density at radius 1 is 1.04 bits per heavy atom. The van der Waals surface area contributed by atoms with E-state index in [9.17, 15) is 18.3 Å². The molecule has 2 aromatic carbocycles. The molecule has 0 aliphatic heterocycles. The number of hydrogen-bond donors (Lipinski definition) is 1. The summed E-state index contributed by atoms with van der Waals surface area (Å²) in [5, 5.41) is 9.91. The van der Waals surface area contributed by atoms with E-state index in [2.05, 4.69) is 0 Å². The molecule has 2 aromatic rings. The molecule has 0 bridgehead atoms. The SMILES string of the molecule is COc1cc(/C=C/C(=O)c2ccc(S(=O)(=O)N(C)C)cc2)cc(OC)c1O. The highest BCUT2D eigenvalue weighted by atomic mass is 32.2. The smallest absolute Gasteiger partial charge is 0.242 e. The number of methoxy groups -OCH3 is 2. The molecule has 0 aromatic heterocycles. The van der Waals surface area contributed by atoms with Gasteiger partial charge in [-0.25, -0.2) is 12.7 Å². The number of phenolic OH excluding ortho intramolecular Hbond substituents is 1. The summed E-state index contributed by atoms with van der Waals surface area (Å²) in [6, 6.07) is 8.83. The average Bonchev–Trinajstić information content (AvgIpc) is 2.66. The van der Waals surface area contributed by atoms with Gasteiger partial charge in [0.05, 0.1) is 19.1 Å². The molecule has 0 saturated carbocycles. The van der Waals surface area contributed by atoms with Crippen molar-refractivity contribution in [2.75, 3.05) is 28.3 Å². The molecular weight excluding hydrogens is 370 g/mol. The number of rotatable bonds is 7. The maximum atomic E-state index is 12.3. The third-order valence-corrected chi connectivity index (χ3v) is 5.68. The van der Waals surface area contributed by atoms with Gasteiger partial charge in [-0.05, 0) is 48.0 Å². The Balaban J connectivity index is 2.25. The van der Waals surface area contributed by atoms with Crippen LogP contribution in [0.2, 0.25) is 0 Å². The van der Waals surface area contributed by atoms with Crippen molar-refractivity contribution in [3.63, 3.8) is 0 Å². The monoisotopic (exact) mass is 391 g/mol. The summed E-state index contributed by atoms with van der Waals surface area (Å²) in [5.74, 6) is 0.0235. The Bertz CT molecular complexity index is 937. The topological polar surface area (TPSA) is 93.1 Å². The first-order valence-corrected chi connectivity index (χ1v) is 9.34. The highest BCUT2D eigenvalue weighted by Crippen LogP contribution is 2.37. The number of benzene rings is 2. The van der Waals surface area contributed by atoms with Crippen LogP contribution in [-0.4, -0.2) is 51.9 Å². The zero-order chi connectivity index (χ0) is 20.2. The zero-order valence-electron chi connectivity index (χ0n) is 15.5. The van der Waals surface area contributed by atoms with Gasteiger partial charge in [-0.3, -0.25) is 4.79 Å². The van der Waals surface area contributed by atoms with Crippen molar-refractivity contribution in [1.82, 2.24) is 4.31 Å². The minimum absolute atomic E-state index is 0.112. The summed E-state index contributed by atoms with van der Waals surface area (Å²) in [4.78, 5) is 12.4. The molecule has 0 radical (unpaired) electrons. The van der Waals surface area contributed by atoms with Gasteiger partial charge in [0.25, 0.3) is 0 Å². The van der Waals surface area contributed by atoms with E-state index in [-0.39, 0.29) is 27.9 Å². The highest BCUT2D eigenvalue weighted by molar-refractivity contribution is 7.89. The van der Waals surface area contributed by atoms with E-state index in [0.717, 1.165) is 4.31 Å². The van der Waals surface area contributed by atoms with E-state index in [1.54, 1.807) is 18.2 Å². The lowest BCUT2D eigenvalue weighted by molar-refractivity contribution is 0.104. The largest absolute Gasteiger partial charge is 0.502 e. The first kappa shape index (κ1) is 20.5. The van der Waals surface area contributed by atoms with Gasteiger partial charge in [0.1, 0.15) is 0 Å². The lowest BCUT2D eigenvalue weighted by atomic mass is 10.1. The molecule has 7 nitrogen and oxygen atoms in total. The van der Waals surface area contributed by atoms with Gasteiger partial charge in [0, 0.05) is 19.7 Å². The number of allylic oxidation sites excluding steroid dienone is 1. The normalized spacial score (nSPS) is 11.7. The van der Waals surface area contributed by atoms with Crippen LogP contribution >= 0.6 is 0 Å². The molecule has 0 atom stereocenters. The van der Waals surface area contributed by atoms with Gasteiger partial charge in [0.2, 0.25) is 15.8 Å². The quantitative estimate of drug-likeness (QED) is 0.576. The number of sulfonamides is 1. The van der Waals surface area contributed by atoms with Crippen LogP contribution in [0.15, 0.2) is 47.4 Å². The second-order valence-corrected chi connectivity index (χ2v) is 7.94. The van der Waals surface area contributed by atoms with Crippen LogP contribution in [0.1, 0.15) is 15.9 Å². The fourth-order valence-electron chi connectivity index (χ4n) is 2.28. The van der Waals surface area contributed by atoms with E-state index in [1.807, 2.05) is 0 Å². The molecule has 0 amide bonds. The van der Waals surface area contributed by atoms with E-state index in [4.69, 9.17) is 9.47 Å². The third-order valence-electron chi connectivity index (χ3n) is 3.85. The molecule has 0 saturated heterocycles. The van der Waals surface area contributed by atoms with Crippen LogP contribution in [0.4, 0.5) is 0 Å². The summed E-state index contributed by atoms with van der Waals surface area (Å²) in [7, 11) is 2.17. The predicted molar refractivity (Wildman–Crippen MR) is 102 cm³/mol. The number of ketones is 1. The number of carbonyl (C=O) groups is 1. The molecule has 8 heteroatoms. The van der Waals surface area contributed by atoms with Crippen molar-refractivity contribution in [2.24, 2.45) is 0 Å². The average molecular weight is 391 g/mol. The molecule has 0 spiro atoms. The number of hydrogen-bond acceptors (Lipinski definition) is 6. The van der Waals surface area contributed by atoms with Crippen molar-refractivity contribution in [3.8, 4) is 17.2 Å². The Morgan fingerprint density at radius 2 is 1.56 bits per heavy atom. The molecule has 0 aliphatic rings. The van der Waals surface area contributed by atoms with E-state index >= 15 is 0 Å². The van der Waals surface area contributed by atoms with Gasteiger partial charge < -0.3 is 14.6 Å². The van der Waals surface area contributed by atoms with Crippen LogP contribution in [0.25, 0.3) is 6.08 Å². The Hall–Kier alpha value is -2.84. The fourth-order valence-corrected chi connectivity index (χ4v) is 3.18. The van der Waals surface area contributed by atoms with Crippen LogP contribution in [0, 0.1) is 0 Å². The van der Waals surface area contributed by atoms with Crippen LogP contribution in [0.3, 0.4) is 0 Å². The summed E-state index contributed by atoms with van der Waals surface area (Å²) >= 11 is 0. The van der Waals surface area contributed by atoms with Gasteiger partial charge in [0.15, 0.2) is 17.3 Å². The first-order valence-electron chi connectivity index (χ1n) is 7.90. The number of nitrogens with zero attached hydrogens (tertiary/aromatic N) is 1. The van der Waals surface area contributed by atoms with Crippen LogP contribution in [0.5, 0.6) is 17.2 Å². The predicted octanol–water partition coefficient (Wildman–Crippen LogP) is 2.56. The van der Waals surface area contributed by atoms with Gasteiger partial charge in [-0.2, -0.15) is 0 Å². The van der Waals surface area contributed by atoms with Crippen molar-refractivity contribution >= 4 is 21.9 Å². The number of phenols is 1. The summed E-state index contributed by atoms with van der Waals surface area (Å²) < 4.78 is 35.4. The van der Waals surface area contributed by atoms with E-state index in [1.165, 1.54) is 58.7 Å². The second kappa shape index (κ2) is 8.24. The van der Waals surface area contributed by atoms with Crippen molar-refractivity contribution in [1.29, 1.82) is 0 Å². The number of carbonyl (C=O) groups excluding carboxylic acids is 1. The summed E-state index contributed by atoms with van der Waals surface area (Å²) in [6.45, 7) is 0. The zero-order valence-corrected chi connectivity index (χ0v) is 16.3. The second-order valence-electron chi connectivity index (χ2n) is 5.78. The molecule has 144 valence electrons. The maximum absolute atomic E-state index is 12.3. The molecule has 27 heavy (non-hydrogen) atoms. The Labute approximate surface area is 158 Å². The van der Waals surface area contributed by atoms with Gasteiger partial charge in [-0.1, -0.05) is 6.08 Å². The maximum Gasteiger partial charge on any atom is 0.242 e. The van der Waals surface area contributed by atoms with Crippen LogP contribution < -0.4 is 9.47 Å². The minimum atomic E-state index is -3.54. The molecular formula is C19H21NO6S. The third kappa shape index (κ3) is 4.47. The minimum Gasteiger partial charge on any atom is -0.502 e. The van der Waals surface area contributed by atoms with Gasteiger partial charge in [-0.15, -0.1) is 0 Å². The van der Waals surface area contributed by atoms with Crippen molar-refractivity contribution < 1.29 is 27.8 Å². The standard InChI is InChI=1S/C19H21NO6S/c1-20(2)27(23,24)15-8-6-14(7-9-15)16(21)10-5-13-11-17(25-3)19(22)18(12-13)26-4/h5-12,22H,1-4H3/b10-5+. The molecule has 0 fully saturated rings. The highest BCUT2D eigenvalue weighted by Gasteiger charge is 2.17. The van der Waals surface area contributed by atoms with E-state index < -0.39 is 10.0 Å². The van der Waals surface area contributed by atoms with Crippen molar-refractivity contribution in [2.45, 2.75) is 4.90 Å². The molecule has 0 unspecified atom stereocenters. The first-order chi connectivity index (χ1) is 12.7. The molecule has 0 heterocycles. The number of aromatic hydroxyl groups is 1. The summed E-state index contributed by atoms with van der Waals surface area (Å²) in [6.07, 6.45) is 2.90. The van der Waals surface area contributed by atoms with Crippen LogP contribution in [-0.2, 0) is 10.0 Å². The Morgan fingerprint density at radius 3 is 2.00 bits per heavy atom. The number of ether oxygens (including phenoxy) is 2. The molecule has 1 N–H and O–H groups in total. The van der Waals surface area contributed by atoms with E-state index in [0.29, 0.717) is 11.1 Å².